The number of fused-ring (bicyclic) bond motifs is 2. The van der Waals surface area contributed by atoms with E-state index < -0.39 is 22.0 Å². The number of nitrogens with zero attached hydrogens (tertiary/aromatic N) is 2. The van der Waals surface area contributed by atoms with E-state index in [4.69, 9.17) is 0 Å². The first-order valence-corrected chi connectivity index (χ1v) is 12.0. The highest BCUT2D eigenvalue weighted by Gasteiger charge is 2.28. The second-order valence-corrected chi connectivity index (χ2v) is 9.40. The van der Waals surface area contributed by atoms with Gasteiger partial charge in [0.05, 0.1) is 18.2 Å². The molecule has 0 aliphatic heterocycles. The molecular weight excluding hydrogens is 422 g/mol. The number of amides is 1. The van der Waals surface area contributed by atoms with Gasteiger partial charge in [0.15, 0.2) is 0 Å². The van der Waals surface area contributed by atoms with Crippen LogP contribution in [0.1, 0.15) is 12.5 Å². The molecule has 1 amide bonds. The van der Waals surface area contributed by atoms with Crippen LogP contribution >= 0.6 is 0 Å². The number of carbonyl (C=O) groups is 1. The Morgan fingerprint density at radius 3 is 2.00 bits per heavy atom. The van der Waals surface area contributed by atoms with E-state index in [1.165, 1.54) is 6.92 Å². The molecule has 6 nitrogen and oxygen atoms in total. The van der Waals surface area contributed by atoms with Crippen LogP contribution in [0.4, 0.5) is 5.69 Å². The smallest absolute Gasteiger partial charge is 0.263 e. The van der Waals surface area contributed by atoms with Gasteiger partial charge in [-0.05, 0) is 46.7 Å². The summed E-state index contributed by atoms with van der Waals surface area (Å²) in [6.07, 6.45) is 2.69. The van der Waals surface area contributed by atoms with Crippen LogP contribution in [0.15, 0.2) is 90.0 Å². The molecule has 162 valence electrons. The van der Waals surface area contributed by atoms with E-state index in [-0.39, 0.29) is 0 Å². The number of hydrogen-bond acceptors (Lipinski definition) is 4. The maximum Gasteiger partial charge on any atom is 0.263 e. The fourth-order valence-corrected chi connectivity index (χ4v) is 5.00. The molecule has 0 radical (unpaired) electrons. The van der Waals surface area contributed by atoms with Crippen molar-refractivity contribution >= 4 is 49.4 Å². The van der Waals surface area contributed by atoms with Gasteiger partial charge < -0.3 is 0 Å². The van der Waals surface area contributed by atoms with Crippen molar-refractivity contribution in [2.75, 3.05) is 10.6 Å². The van der Waals surface area contributed by atoms with Crippen molar-refractivity contribution in [2.24, 2.45) is 5.10 Å². The standard InChI is InChI=1S/C25H23N3O3S/c1-18(28(32(2,30)31)21-12-4-3-5-13-21)25(29)27-26-17-24-22-14-8-6-10-19(22)16-20-11-7-9-15-23(20)24/h3-18H,1-2H3,(H,27,29)/b26-17-/t18-/m1/s1. The van der Waals surface area contributed by atoms with E-state index in [1.54, 1.807) is 36.5 Å². The van der Waals surface area contributed by atoms with Gasteiger partial charge in [-0.3, -0.25) is 9.10 Å². The average molecular weight is 446 g/mol. The predicted molar refractivity (Wildman–Crippen MR) is 130 cm³/mol. The Morgan fingerprint density at radius 2 is 1.44 bits per heavy atom. The summed E-state index contributed by atoms with van der Waals surface area (Å²) >= 11 is 0. The molecule has 0 aliphatic carbocycles. The molecule has 0 bridgehead atoms. The second-order valence-electron chi connectivity index (χ2n) is 7.54. The Labute approximate surface area is 187 Å². The van der Waals surface area contributed by atoms with Crippen molar-refractivity contribution in [1.82, 2.24) is 5.43 Å². The van der Waals surface area contributed by atoms with Crippen molar-refractivity contribution in [2.45, 2.75) is 13.0 Å². The van der Waals surface area contributed by atoms with Crippen molar-refractivity contribution in [3.63, 3.8) is 0 Å². The van der Waals surface area contributed by atoms with Crippen LogP contribution in [0.5, 0.6) is 0 Å². The Hall–Kier alpha value is -3.71. The number of hydrogen-bond donors (Lipinski definition) is 1. The Bertz CT molecular complexity index is 1360. The van der Waals surface area contributed by atoms with Crippen LogP contribution in [0.2, 0.25) is 0 Å². The molecule has 4 aromatic carbocycles. The molecule has 0 saturated carbocycles. The Balaban J connectivity index is 1.64. The van der Waals surface area contributed by atoms with Gasteiger partial charge in [-0.15, -0.1) is 0 Å². The molecule has 4 aromatic rings. The lowest BCUT2D eigenvalue weighted by Gasteiger charge is -2.27. The van der Waals surface area contributed by atoms with E-state index in [1.807, 2.05) is 48.5 Å². The zero-order valence-corrected chi connectivity index (χ0v) is 18.6. The van der Waals surface area contributed by atoms with Crippen molar-refractivity contribution in [3.8, 4) is 0 Å². The average Bonchev–Trinajstić information content (AvgIpc) is 2.78. The minimum atomic E-state index is -3.68. The van der Waals surface area contributed by atoms with E-state index in [0.29, 0.717) is 5.69 Å². The van der Waals surface area contributed by atoms with E-state index >= 15 is 0 Å². The molecule has 0 spiro atoms. The first-order chi connectivity index (χ1) is 15.4. The molecule has 32 heavy (non-hydrogen) atoms. The highest BCUT2D eigenvalue weighted by atomic mass is 32.2. The number of carbonyl (C=O) groups excluding carboxylic acids is 1. The van der Waals surface area contributed by atoms with Crippen LogP contribution in [0, 0.1) is 0 Å². The maximum absolute atomic E-state index is 12.8. The normalized spacial score (nSPS) is 12.8. The fourth-order valence-electron chi connectivity index (χ4n) is 3.83. The zero-order chi connectivity index (χ0) is 22.7. The summed E-state index contributed by atoms with van der Waals surface area (Å²) in [7, 11) is -3.68. The molecule has 0 aromatic heterocycles. The molecular formula is C25H23N3O3S. The minimum Gasteiger partial charge on any atom is -0.271 e. The molecule has 1 N–H and O–H groups in total. The number of hydrazone groups is 1. The third kappa shape index (κ3) is 4.33. The highest BCUT2D eigenvalue weighted by molar-refractivity contribution is 7.92. The number of rotatable bonds is 6. The molecule has 0 unspecified atom stereocenters. The fraction of sp³-hybridized carbons (Fsp3) is 0.120. The third-order valence-electron chi connectivity index (χ3n) is 5.28. The number of para-hydroxylation sites is 1. The molecule has 7 heteroatoms. The SMILES string of the molecule is C[C@H](C(=O)N/N=C\c1c2ccccc2cc2ccccc12)N(c1ccccc1)S(C)(=O)=O. The van der Waals surface area contributed by atoms with Gasteiger partial charge in [0.25, 0.3) is 5.91 Å². The number of sulfonamides is 1. The van der Waals surface area contributed by atoms with Gasteiger partial charge in [-0.2, -0.15) is 5.10 Å². The van der Waals surface area contributed by atoms with Crippen LogP contribution in [-0.4, -0.2) is 32.8 Å². The molecule has 0 fully saturated rings. The molecule has 0 heterocycles. The second kappa shape index (κ2) is 8.80. The molecule has 1 atom stereocenters. The van der Waals surface area contributed by atoms with Crippen LogP contribution in [0.3, 0.4) is 0 Å². The summed E-state index contributed by atoms with van der Waals surface area (Å²) in [5, 5.41) is 8.34. The van der Waals surface area contributed by atoms with Gasteiger partial charge >= 0.3 is 0 Å². The first-order valence-electron chi connectivity index (χ1n) is 10.1. The lowest BCUT2D eigenvalue weighted by Crippen LogP contribution is -2.46. The first kappa shape index (κ1) is 21.5. The van der Waals surface area contributed by atoms with Crippen LogP contribution in [0.25, 0.3) is 21.5 Å². The zero-order valence-electron chi connectivity index (χ0n) is 17.8. The minimum absolute atomic E-state index is 0.418. The number of anilines is 1. The number of nitrogens with one attached hydrogen (secondary N) is 1. The van der Waals surface area contributed by atoms with E-state index in [2.05, 4.69) is 16.6 Å². The van der Waals surface area contributed by atoms with Crippen molar-refractivity contribution in [1.29, 1.82) is 0 Å². The summed E-state index contributed by atoms with van der Waals surface area (Å²) in [6.45, 7) is 1.53. The van der Waals surface area contributed by atoms with E-state index in [9.17, 15) is 13.2 Å². The Morgan fingerprint density at radius 1 is 0.906 bits per heavy atom. The summed E-state index contributed by atoms with van der Waals surface area (Å²) < 4.78 is 25.8. The summed E-state index contributed by atoms with van der Waals surface area (Å²) in [5.74, 6) is -0.528. The lowest BCUT2D eigenvalue weighted by atomic mass is 9.97. The van der Waals surface area contributed by atoms with Crippen molar-refractivity contribution in [3.05, 3.63) is 90.5 Å². The summed E-state index contributed by atoms with van der Waals surface area (Å²) in [4.78, 5) is 12.8. The van der Waals surface area contributed by atoms with Gasteiger partial charge in [0.1, 0.15) is 6.04 Å². The van der Waals surface area contributed by atoms with Gasteiger partial charge in [-0.25, -0.2) is 13.8 Å². The topological polar surface area (TPSA) is 78.8 Å². The Kier molecular flexibility index (Phi) is 5.92. The van der Waals surface area contributed by atoms with Gasteiger partial charge in [0, 0.05) is 5.56 Å². The molecule has 0 saturated heterocycles. The molecule has 0 aliphatic rings. The molecule has 4 rings (SSSR count). The van der Waals surface area contributed by atoms with Gasteiger partial charge in [0.2, 0.25) is 10.0 Å². The monoisotopic (exact) mass is 445 g/mol. The quantitative estimate of drug-likeness (QED) is 0.273. The predicted octanol–water partition coefficient (Wildman–Crippen LogP) is 4.30. The van der Waals surface area contributed by atoms with Crippen LogP contribution < -0.4 is 9.73 Å². The number of benzene rings is 4. The van der Waals surface area contributed by atoms with E-state index in [0.717, 1.165) is 37.7 Å². The van der Waals surface area contributed by atoms with Crippen LogP contribution in [-0.2, 0) is 14.8 Å². The lowest BCUT2D eigenvalue weighted by molar-refractivity contribution is -0.121. The highest BCUT2D eigenvalue weighted by Crippen LogP contribution is 2.27. The summed E-state index contributed by atoms with van der Waals surface area (Å²) in [6, 6.07) is 25.6. The maximum atomic E-state index is 12.8. The summed E-state index contributed by atoms with van der Waals surface area (Å²) in [5.41, 5.74) is 3.81. The largest absolute Gasteiger partial charge is 0.271 e. The van der Waals surface area contributed by atoms with Gasteiger partial charge in [-0.1, -0.05) is 66.7 Å². The van der Waals surface area contributed by atoms with Crippen molar-refractivity contribution < 1.29 is 13.2 Å². The third-order valence-corrected chi connectivity index (χ3v) is 6.52.